The molecular formula is C9H9N3O3. The number of nitrogen functional groups attached to an aromatic ring is 1. The Morgan fingerprint density at radius 3 is 2.60 bits per heavy atom. The number of anilines is 1. The van der Waals surface area contributed by atoms with Gasteiger partial charge in [0.25, 0.3) is 0 Å². The highest BCUT2D eigenvalue weighted by Gasteiger charge is 2.08. The lowest BCUT2D eigenvalue weighted by molar-refractivity contribution is -0.113. The van der Waals surface area contributed by atoms with E-state index in [2.05, 4.69) is 4.98 Å². The number of hydrogen-bond donors (Lipinski definition) is 3. The van der Waals surface area contributed by atoms with Crippen molar-refractivity contribution >= 4 is 23.6 Å². The molecule has 0 spiro atoms. The van der Waals surface area contributed by atoms with E-state index in [-0.39, 0.29) is 11.4 Å². The molecule has 1 amide bonds. The molecule has 0 fully saturated rings. The maximum atomic E-state index is 10.6. The zero-order valence-electron chi connectivity index (χ0n) is 7.68. The van der Waals surface area contributed by atoms with Crippen molar-refractivity contribution in [3.05, 3.63) is 29.6 Å². The third kappa shape index (κ3) is 2.80. The first-order valence-electron chi connectivity index (χ1n) is 3.97. The van der Waals surface area contributed by atoms with Crippen LogP contribution >= 0.6 is 0 Å². The molecule has 5 N–H and O–H groups in total. The van der Waals surface area contributed by atoms with Gasteiger partial charge in [-0.25, -0.2) is 9.78 Å². The van der Waals surface area contributed by atoms with Gasteiger partial charge in [0.15, 0.2) is 5.69 Å². The molecule has 0 aliphatic rings. The third-order valence-corrected chi connectivity index (χ3v) is 1.58. The summed E-state index contributed by atoms with van der Waals surface area (Å²) in [5, 5.41) is 8.64. The first-order valence-corrected chi connectivity index (χ1v) is 3.97. The van der Waals surface area contributed by atoms with Crippen LogP contribution in [-0.4, -0.2) is 22.0 Å². The molecular weight excluding hydrogens is 198 g/mol. The molecule has 15 heavy (non-hydrogen) atoms. The summed E-state index contributed by atoms with van der Waals surface area (Å²) in [6.45, 7) is 0. The van der Waals surface area contributed by atoms with Crippen molar-refractivity contribution in [2.24, 2.45) is 5.73 Å². The fraction of sp³-hybridized carbons (Fsp3) is 0. The highest BCUT2D eigenvalue weighted by atomic mass is 16.4. The molecule has 0 saturated heterocycles. The van der Waals surface area contributed by atoms with Crippen LogP contribution in [0.4, 0.5) is 5.69 Å². The summed E-state index contributed by atoms with van der Waals surface area (Å²) < 4.78 is 0. The predicted molar refractivity (Wildman–Crippen MR) is 53.8 cm³/mol. The topological polar surface area (TPSA) is 119 Å². The van der Waals surface area contributed by atoms with Crippen molar-refractivity contribution in [3.8, 4) is 0 Å². The van der Waals surface area contributed by atoms with E-state index in [4.69, 9.17) is 16.6 Å². The van der Waals surface area contributed by atoms with Gasteiger partial charge < -0.3 is 16.6 Å². The van der Waals surface area contributed by atoms with Crippen LogP contribution in [0, 0.1) is 0 Å². The number of primary amides is 1. The Balaban J connectivity index is 3.01. The summed E-state index contributed by atoms with van der Waals surface area (Å²) in [5.41, 5.74) is 10.7. The minimum absolute atomic E-state index is 0.0362. The molecule has 0 aliphatic heterocycles. The normalized spacial score (nSPS) is 10.4. The molecule has 1 aromatic rings. The van der Waals surface area contributed by atoms with Gasteiger partial charge in [-0.15, -0.1) is 0 Å². The highest BCUT2D eigenvalue weighted by Crippen LogP contribution is 2.11. The van der Waals surface area contributed by atoms with Crippen LogP contribution in [0.1, 0.15) is 16.1 Å². The van der Waals surface area contributed by atoms with Gasteiger partial charge in [-0.05, 0) is 17.7 Å². The fourth-order valence-electron chi connectivity index (χ4n) is 0.947. The van der Waals surface area contributed by atoms with E-state index in [9.17, 15) is 9.59 Å². The number of carboxylic acids is 1. The van der Waals surface area contributed by atoms with Crippen LogP contribution in [0.3, 0.4) is 0 Å². The average Bonchev–Trinajstić information content (AvgIpc) is 2.14. The van der Waals surface area contributed by atoms with Crippen LogP contribution < -0.4 is 11.5 Å². The standard InChI is InChI=1S/C9H9N3O3/c10-6-3-5(1-2-7(11)13)4-12-8(6)9(14)15/h1-4H,10H2,(H2,11,13)(H,14,15). The molecule has 78 valence electrons. The first-order chi connectivity index (χ1) is 7.00. The Morgan fingerprint density at radius 1 is 1.47 bits per heavy atom. The predicted octanol–water partition coefficient (Wildman–Crippen LogP) is -0.140. The van der Waals surface area contributed by atoms with Crippen molar-refractivity contribution in [2.45, 2.75) is 0 Å². The van der Waals surface area contributed by atoms with E-state index in [1.807, 2.05) is 0 Å². The first kappa shape index (κ1) is 10.7. The molecule has 0 unspecified atom stereocenters. The van der Waals surface area contributed by atoms with Crippen LogP contribution in [0.2, 0.25) is 0 Å². The van der Waals surface area contributed by atoms with Crippen molar-refractivity contribution in [3.63, 3.8) is 0 Å². The highest BCUT2D eigenvalue weighted by molar-refractivity contribution is 5.93. The van der Waals surface area contributed by atoms with Gasteiger partial charge in [-0.2, -0.15) is 0 Å². The number of aromatic nitrogens is 1. The van der Waals surface area contributed by atoms with Gasteiger partial charge in [0.2, 0.25) is 5.91 Å². The molecule has 0 bridgehead atoms. The Bertz CT molecular complexity index is 440. The second-order valence-electron chi connectivity index (χ2n) is 2.75. The molecule has 6 heteroatoms. The molecule has 1 rings (SSSR count). The summed E-state index contributed by atoms with van der Waals surface area (Å²) in [5.74, 6) is -1.80. The maximum Gasteiger partial charge on any atom is 0.356 e. The van der Waals surface area contributed by atoms with Gasteiger partial charge in [-0.1, -0.05) is 0 Å². The summed E-state index contributed by atoms with van der Waals surface area (Å²) in [6.07, 6.45) is 3.83. The van der Waals surface area contributed by atoms with Gasteiger partial charge in [-0.3, -0.25) is 4.79 Å². The molecule has 6 nitrogen and oxygen atoms in total. The van der Waals surface area contributed by atoms with Crippen LogP contribution in [0.15, 0.2) is 18.3 Å². The van der Waals surface area contributed by atoms with E-state index >= 15 is 0 Å². The Kier molecular flexibility index (Phi) is 3.02. The fourth-order valence-corrected chi connectivity index (χ4v) is 0.947. The quantitative estimate of drug-likeness (QED) is 0.596. The average molecular weight is 207 g/mol. The lowest BCUT2D eigenvalue weighted by Gasteiger charge is -2.00. The zero-order valence-corrected chi connectivity index (χ0v) is 7.68. The summed E-state index contributed by atoms with van der Waals surface area (Å²) in [6, 6.07) is 1.40. The van der Waals surface area contributed by atoms with Crippen molar-refractivity contribution in [1.29, 1.82) is 0 Å². The number of carboxylic acid groups (broad SMARTS) is 1. The third-order valence-electron chi connectivity index (χ3n) is 1.58. The Labute approximate surface area is 85.2 Å². The lowest BCUT2D eigenvalue weighted by Crippen LogP contribution is -2.06. The van der Waals surface area contributed by atoms with Crippen molar-refractivity contribution < 1.29 is 14.7 Å². The number of nitrogens with two attached hydrogens (primary N) is 2. The van der Waals surface area contributed by atoms with Crippen molar-refractivity contribution in [1.82, 2.24) is 4.98 Å². The second kappa shape index (κ2) is 4.23. The van der Waals surface area contributed by atoms with Crippen LogP contribution in [0.5, 0.6) is 0 Å². The van der Waals surface area contributed by atoms with Gasteiger partial charge in [0, 0.05) is 12.3 Å². The number of hydrogen-bond acceptors (Lipinski definition) is 4. The molecule has 1 aromatic heterocycles. The number of pyridine rings is 1. The molecule has 0 aromatic carbocycles. The number of rotatable bonds is 3. The van der Waals surface area contributed by atoms with E-state index in [1.165, 1.54) is 18.3 Å². The monoisotopic (exact) mass is 207 g/mol. The largest absolute Gasteiger partial charge is 0.476 e. The Hall–Kier alpha value is -2.37. The number of aromatic carboxylic acids is 1. The molecule has 0 saturated carbocycles. The van der Waals surface area contributed by atoms with Gasteiger partial charge in [0.1, 0.15) is 0 Å². The van der Waals surface area contributed by atoms with E-state index in [0.29, 0.717) is 5.56 Å². The summed E-state index contributed by atoms with van der Waals surface area (Å²) >= 11 is 0. The second-order valence-corrected chi connectivity index (χ2v) is 2.75. The molecule has 1 heterocycles. The number of amides is 1. The maximum absolute atomic E-state index is 10.6. The van der Waals surface area contributed by atoms with E-state index < -0.39 is 11.9 Å². The smallest absolute Gasteiger partial charge is 0.356 e. The number of carbonyl (C=O) groups excluding carboxylic acids is 1. The van der Waals surface area contributed by atoms with Gasteiger partial charge in [0.05, 0.1) is 5.69 Å². The van der Waals surface area contributed by atoms with Crippen LogP contribution in [-0.2, 0) is 4.79 Å². The Morgan fingerprint density at radius 2 is 2.13 bits per heavy atom. The minimum Gasteiger partial charge on any atom is -0.476 e. The van der Waals surface area contributed by atoms with Crippen LogP contribution in [0.25, 0.3) is 6.08 Å². The molecule has 0 atom stereocenters. The van der Waals surface area contributed by atoms with Gasteiger partial charge >= 0.3 is 5.97 Å². The molecule has 0 radical (unpaired) electrons. The summed E-state index contributed by atoms with van der Waals surface area (Å²) in [4.78, 5) is 24.6. The SMILES string of the molecule is NC(=O)C=Cc1cnc(C(=O)O)c(N)c1. The lowest BCUT2D eigenvalue weighted by atomic mass is 10.2. The summed E-state index contributed by atoms with van der Waals surface area (Å²) in [7, 11) is 0. The molecule has 0 aliphatic carbocycles. The minimum atomic E-state index is -1.20. The van der Waals surface area contributed by atoms with E-state index in [1.54, 1.807) is 0 Å². The zero-order chi connectivity index (χ0) is 11.4. The number of nitrogens with zero attached hydrogens (tertiary/aromatic N) is 1. The number of carbonyl (C=O) groups is 2. The van der Waals surface area contributed by atoms with Crippen molar-refractivity contribution in [2.75, 3.05) is 5.73 Å². The van der Waals surface area contributed by atoms with E-state index in [0.717, 1.165) is 6.08 Å².